The van der Waals surface area contributed by atoms with Crippen molar-refractivity contribution in [2.24, 2.45) is 0 Å². The van der Waals surface area contributed by atoms with Gasteiger partial charge in [-0.05, 0) is 72.3 Å². The van der Waals surface area contributed by atoms with Crippen LogP contribution in [0.3, 0.4) is 0 Å². The highest BCUT2D eigenvalue weighted by atomic mass is 127. The predicted octanol–water partition coefficient (Wildman–Crippen LogP) is 3.51. The zero-order chi connectivity index (χ0) is 18.7. The second-order valence-electron chi connectivity index (χ2n) is 6.20. The number of anilines is 1. The highest BCUT2D eigenvalue weighted by molar-refractivity contribution is 14.1. The number of piperazine rings is 1. The number of para-hydroxylation sites is 2. The summed E-state index contributed by atoms with van der Waals surface area (Å²) in [4.78, 5) is 2.60. The lowest BCUT2D eigenvalue weighted by Gasteiger charge is -2.36. The molecule has 26 heavy (non-hydrogen) atoms. The van der Waals surface area contributed by atoms with Crippen LogP contribution in [0.4, 0.5) is 5.69 Å². The van der Waals surface area contributed by atoms with Crippen LogP contribution < -0.4 is 9.64 Å². The van der Waals surface area contributed by atoms with Crippen LogP contribution in [0.1, 0.15) is 12.5 Å². The van der Waals surface area contributed by atoms with Crippen LogP contribution in [0.5, 0.6) is 5.75 Å². The molecule has 0 saturated carbocycles. The Hall–Kier alpha value is -1.32. The van der Waals surface area contributed by atoms with E-state index in [1.807, 2.05) is 50.2 Å². The molecular weight excluding hydrogens is 463 g/mol. The molecule has 0 bridgehead atoms. The molecule has 0 spiro atoms. The SMILES string of the molecule is CCOc1ccccc1N1CCN(S(=O)(=O)c2ccc(I)cc2C)CC1. The molecule has 0 aromatic heterocycles. The number of rotatable bonds is 5. The van der Waals surface area contributed by atoms with Crippen LogP contribution in [0.15, 0.2) is 47.4 Å². The molecule has 0 atom stereocenters. The van der Waals surface area contributed by atoms with Crippen molar-refractivity contribution in [3.63, 3.8) is 0 Å². The molecule has 1 aliphatic heterocycles. The van der Waals surface area contributed by atoms with Gasteiger partial charge in [-0.3, -0.25) is 0 Å². The van der Waals surface area contributed by atoms with Crippen molar-refractivity contribution in [2.75, 3.05) is 37.7 Å². The first-order chi connectivity index (χ1) is 12.4. The molecule has 140 valence electrons. The number of ether oxygens (including phenoxy) is 1. The molecule has 0 amide bonds. The van der Waals surface area contributed by atoms with Crippen LogP contribution in [-0.4, -0.2) is 45.5 Å². The van der Waals surface area contributed by atoms with E-state index in [1.54, 1.807) is 10.4 Å². The van der Waals surface area contributed by atoms with Crippen LogP contribution in [0.2, 0.25) is 0 Å². The van der Waals surface area contributed by atoms with Gasteiger partial charge in [0.2, 0.25) is 10.0 Å². The van der Waals surface area contributed by atoms with E-state index < -0.39 is 10.0 Å². The van der Waals surface area contributed by atoms with Gasteiger partial charge in [-0.25, -0.2) is 8.42 Å². The molecule has 0 unspecified atom stereocenters. The summed E-state index contributed by atoms with van der Waals surface area (Å²) in [7, 11) is -3.46. The molecule has 5 nitrogen and oxygen atoms in total. The average molecular weight is 486 g/mol. The summed E-state index contributed by atoms with van der Waals surface area (Å²) >= 11 is 2.20. The van der Waals surface area contributed by atoms with Crippen molar-refractivity contribution in [1.29, 1.82) is 0 Å². The number of halogens is 1. The fraction of sp³-hybridized carbons (Fsp3) is 0.368. The van der Waals surface area contributed by atoms with E-state index in [4.69, 9.17) is 4.74 Å². The van der Waals surface area contributed by atoms with E-state index in [1.165, 1.54) is 0 Å². The average Bonchev–Trinajstić information content (AvgIpc) is 2.62. The fourth-order valence-corrected chi connectivity index (χ4v) is 5.48. The number of hydrogen-bond donors (Lipinski definition) is 0. The molecule has 1 fully saturated rings. The summed E-state index contributed by atoms with van der Waals surface area (Å²) in [6.07, 6.45) is 0. The lowest BCUT2D eigenvalue weighted by molar-refractivity contribution is 0.337. The maximum absolute atomic E-state index is 13.0. The maximum atomic E-state index is 13.0. The summed E-state index contributed by atoms with van der Waals surface area (Å²) < 4.78 is 34.4. The van der Waals surface area contributed by atoms with E-state index in [2.05, 4.69) is 27.5 Å². The molecular formula is C19H23IN2O3S. The third kappa shape index (κ3) is 3.99. The zero-order valence-electron chi connectivity index (χ0n) is 15.0. The molecule has 0 radical (unpaired) electrons. The van der Waals surface area contributed by atoms with Crippen molar-refractivity contribution in [3.8, 4) is 5.75 Å². The van der Waals surface area contributed by atoms with Gasteiger partial charge in [-0.15, -0.1) is 0 Å². The van der Waals surface area contributed by atoms with Crippen LogP contribution in [0.25, 0.3) is 0 Å². The second kappa shape index (κ2) is 8.14. The summed E-state index contributed by atoms with van der Waals surface area (Å²) in [5.74, 6) is 0.847. The van der Waals surface area contributed by atoms with Gasteiger partial charge in [0.05, 0.1) is 17.2 Å². The molecule has 3 rings (SSSR count). The minimum Gasteiger partial charge on any atom is -0.492 e. The number of hydrogen-bond acceptors (Lipinski definition) is 4. The lowest BCUT2D eigenvalue weighted by atomic mass is 10.2. The van der Waals surface area contributed by atoms with Gasteiger partial charge in [0, 0.05) is 29.7 Å². The molecule has 2 aromatic carbocycles. The van der Waals surface area contributed by atoms with Gasteiger partial charge in [0.15, 0.2) is 0 Å². The Kier molecular flexibility index (Phi) is 6.09. The summed E-state index contributed by atoms with van der Waals surface area (Å²) in [5, 5.41) is 0. The molecule has 0 N–H and O–H groups in total. The van der Waals surface area contributed by atoms with E-state index in [0.717, 1.165) is 20.6 Å². The number of sulfonamides is 1. The van der Waals surface area contributed by atoms with Gasteiger partial charge in [-0.1, -0.05) is 12.1 Å². The van der Waals surface area contributed by atoms with Crippen molar-refractivity contribution in [3.05, 3.63) is 51.6 Å². The Labute approximate surface area is 169 Å². The van der Waals surface area contributed by atoms with Gasteiger partial charge < -0.3 is 9.64 Å². The normalized spacial score (nSPS) is 15.9. The molecule has 1 aliphatic rings. The maximum Gasteiger partial charge on any atom is 0.243 e. The molecule has 1 saturated heterocycles. The Balaban J connectivity index is 1.76. The van der Waals surface area contributed by atoms with E-state index >= 15 is 0 Å². The second-order valence-corrected chi connectivity index (χ2v) is 9.35. The topological polar surface area (TPSA) is 49.9 Å². The number of nitrogens with zero attached hydrogens (tertiary/aromatic N) is 2. The number of benzene rings is 2. The fourth-order valence-electron chi connectivity index (χ4n) is 3.21. The Morgan fingerprint density at radius 3 is 2.42 bits per heavy atom. The minimum absolute atomic E-state index is 0.404. The zero-order valence-corrected chi connectivity index (χ0v) is 18.0. The van der Waals surface area contributed by atoms with Crippen LogP contribution >= 0.6 is 22.6 Å². The lowest BCUT2D eigenvalue weighted by Crippen LogP contribution is -2.48. The van der Waals surface area contributed by atoms with Crippen molar-refractivity contribution < 1.29 is 13.2 Å². The third-order valence-corrected chi connectivity index (χ3v) is 7.23. The monoisotopic (exact) mass is 486 g/mol. The minimum atomic E-state index is -3.46. The van der Waals surface area contributed by atoms with Gasteiger partial charge in [0.25, 0.3) is 0 Å². The molecule has 2 aromatic rings. The first-order valence-electron chi connectivity index (χ1n) is 8.66. The van der Waals surface area contributed by atoms with Gasteiger partial charge in [-0.2, -0.15) is 4.31 Å². The highest BCUT2D eigenvalue weighted by Crippen LogP contribution is 2.30. The predicted molar refractivity (Wildman–Crippen MR) is 112 cm³/mol. The van der Waals surface area contributed by atoms with Crippen LogP contribution in [-0.2, 0) is 10.0 Å². The Morgan fingerprint density at radius 2 is 1.77 bits per heavy atom. The summed E-state index contributed by atoms with van der Waals surface area (Å²) in [5.41, 5.74) is 1.82. The van der Waals surface area contributed by atoms with Gasteiger partial charge >= 0.3 is 0 Å². The van der Waals surface area contributed by atoms with E-state index in [-0.39, 0.29) is 0 Å². The summed E-state index contributed by atoms with van der Waals surface area (Å²) in [6, 6.07) is 13.4. The molecule has 0 aliphatic carbocycles. The molecule has 7 heteroatoms. The quantitative estimate of drug-likeness (QED) is 0.608. The van der Waals surface area contributed by atoms with E-state index in [0.29, 0.717) is 37.7 Å². The largest absolute Gasteiger partial charge is 0.492 e. The van der Waals surface area contributed by atoms with Gasteiger partial charge in [0.1, 0.15) is 5.75 Å². The van der Waals surface area contributed by atoms with Crippen LogP contribution in [0, 0.1) is 10.5 Å². The van der Waals surface area contributed by atoms with Crippen molar-refractivity contribution in [1.82, 2.24) is 4.31 Å². The van der Waals surface area contributed by atoms with Crippen molar-refractivity contribution in [2.45, 2.75) is 18.7 Å². The Bertz CT molecular complexity index is 878. The Morgan fingerprint density at radius 1 is 1.08 bits per heavy atom. The molecule has 1 heterocycles. The smallest absolute Gasteiger partial charge is 0.243 e. The van der Waals surface area contributed by atoms with E-state index in [9.17, 15) is 8.42 Å². The standard InChI is InChI=1S/C19H23IN2O3S/c1-3-25-18-7-5-4-6-17(18)21-10-12-22(13-11-21)26(23,24)19-9-8-16(20)14-15(19)2/h4-9,14H,3,10-13H2,1-2H3. The number of aryl methyl sites for hydroxylation is 1. The highest BCUT2D eigenvalue weighted by Gasteiger charge is 2.30. The third-order valence-electron chi connectivity index (χ3n) is 4.50. The van der Waals surface area contributed by atoms with Crippen molar-refractivity contribution >= 4 is 38.3 Å². The summed E-state index contributed by atoms with van der Waals surface area (Å²) in [6.45, 7) is 6.65. The first kappa shape index (κ1) is 19.4. The first-order valence-corrected chi connectivity index (χ1v) is 11.2.